The lowest BCUT2D eigenvalue weighted by Gasteiger charge is -2.18. The normalized spacial score (nSPS) is 11.4. The number of hydrogen-bond donors (Lipinski definition) is 4. The van der Waals surface area contributed by atoms with Crippen molar-refractivity contribution in [3.8, 4) is 16.8 Å². The van der Waals surface area contributed by atoms with Gasteiger partial charge in [0.2, 0.25) is 5.91 Å². The number of carbonyl (C=O) groups is 3. The van der Waals surface area contributed by atoms with E-state index in [0.29, 0.717) is 38.9 Å². The largest absolute Gasteiger partial charge is 0.453 e. The van der Waals surface area contributed by atoms with Crippen molar-refractivity contribution in [1.82, 2.24) is 35.7 Å². The zero-order valence-corrected chi connectivity index (χ0v) is 29.4. The molecule has 0 aliphatic rings. The zero-order chi connectivity index (χ0) is 37.9. The van der Waals surface area contributed by atoms with E-state index in [1.54, 1.807) is 78.9 Å². The van der Waals surface area contributed by atoms with Gasteiger partial charge in [-0.2, -0.15) is 9.78 Å². The van der Waals surface area contributed by atoms with Crippen molar-refractivity contribution in [2.24, 2.45) is 0 Å². The SMILES string of the molecule is COC(=O)Nc1ccc(-c2cc([C@H](Cc3ccc(NC(=O)OCc4ccccc4)cc3)NC(=O)C=Cc3cc(Cl)ccc3-n3cnnn3)n[nH]c2=O)cc1. The molecular formula is C38H32ClN9O6. The first-order chi connectivity index (χ1) is 26.2. The number of hydrogen-bond acceptors (Lipinski definition) is 10. The molecule has 0 radical (unpaired) electrons. The summed E-state index contributed by atoms with van der Waals surface area (Å²) >= 11 is 6.26. The summed E-state index contributed by atoms with van der Waals surface area (Å²) in [5.41, 5.74) is 4.56. The van der Waals surface area contributed by atoms with E-state index in [0.717, 1.165) is 11.1 Å². The van der Waals surface area contributed by atoms with Crippen LogP contribution in [0, 0.1) is 0 Å². The van der Waals surface area contributed by atoms with Crippen molar-refractivity contribution in [3.63, 3.8) is 0 Å². The lowest BCUT2D eigenvalue weighted by molar-refractivity contribution is -0.117. The minimum absolute atomic E-state index is 0.125. The average Bonchev–Trinajstić information content (AvgIpc) is 3.73. The number of anilines is 2. The number of methoxy groups -OCH3 is 1. The van der Waals surface area contributed by atoms with Gasteiger partial charge in [0.1, 0.15) is 12.9 Å². The Hall–Kier alpha value is -7.13. The molecule has 3 amide bonds. The van der Waals surface area contributed by atoms with Crippen LogP contribution in [0.1, 0.15) is 28.4 Å². The summed E-state index contributed by atoms with van der Waals surface area (Å²) < 4.78 is 11.4. The molecule has 0 saturated heterocycles. The fourth-order valence-electron chi connectivity index (χ4n) is 5.31. The number of halogens is 1. The van der Waals surface area contributed by atoms with Gasteiger partial charge in [-0.05, 0) is 88.1 Å². The predicted molar refractivity (Wildman–Crippen MR) is 201 cm³/mol. The number of benzene rings is 4. The third-order valence-electron chi connectivity index (χ3n) is 7.98. The van der Waals surface area contributed by atoms with E-state index in [-0.39, 0.29) is 18.6 Å². The molecule has 6 rings (SSSR count). The van der Waals surface area contributed by atoms with Crippen LogP contribution in [-0.4, -0.2) is 55.6 Å². The molecule has 2 aromatic heterocycles. The molecule has 4 N–H and O–H groups in total. The second kappa shape index (κ2) is 17.4. The quantitative estimate of drug-likeness (QED) is 0.106. The Bertz CT molecular complexity index is 2320. The molecule has 1 atom stereocenters. The monoisotopic (exact) mass is 745 g/mol. The zero-order valence-electron chi connectivity index (χ0n) is 28.6. The maximum Gasteiger partial charge on any atom is 0.411 e. The summed E-state index contributed by atoms with van der Waals surface area (Å²) in [4.78, 5) is 50.5. The van der Waals surface area contributed by atoms with Crippen LogP contribution < -0.4 is 21.5 Å². The summed E-state index contributed by atoms with van der Waals surface area (Å²) in [7, 11) is 1.26. The number of aromatic nitrogens is 6. The second-order valence-electron chi connectivity index (χ2n) is 11.7. The molecule has 4 aromatic carbocycles. The molecule has 0 spiro atoms. The standard InChI is InChI=1S/C38H32ClN9O6/c1-53-37(51)41-30-15-9-26(10-16-30)31-21-33(44-45-36(31)50)32(43-35(49)18-11-27-20-28(39)12-17-34(27)48-23-40-46-47-48)19-24-7-13-29(14-8-24)42-38(52)54-22-25-5-3-2-4-6-25/h2-18,20-21,23,32H,19,22H2,1H3,(H,41,51)(H,42,52)(H,43,49)(H,45,50)/t32-/m0/s1. The predicted octanol–water partition coefficient (Wildman–Crippen LogP) is 6.11. The average molecular weight is 746 g/mol. The third kappa shape index (κ3) is 9.80. The molecule has 2 heterocycles. The number of ether oxygens (including phenoxy) is 2. The van der Waals surface area contributed by atoms with Crippen molar-refractivity contribution < 1.29 is 23.9 Å². The van der Waals surface area contributed by atoms with Crippen molar-refractivity contribution >= 4 is 47.1 Å². The van der Waals surface area contributed by atoms with Gasteiger partial charge in [-0.25, -0.2) is 14.7 Å². The van der Waals surface area contributed by atoms with Crippen LogP contribution in [0.2, 0.25) is 5.02 Å². The number of carbonyl (C=O) groups excluding carboxylic acids is 3. The van der Waals surface area contributed by atoms with Crippen LogP contribution in [0.4, 0.5) is 21.0 Å². The topological polar surface area (TPSA) is 195 Å². The van der Waals surface area contributed by atoms with Gasteiger partial charge >= 0.3 is 12.2 Å². The van der Waals surface area contributed by atoms with Crippen LogP contribution in [0.3, 0.4) is 0 Å². The lowest BCUT2D eigenvalue weighted by Crippen LogP contribution is -2.30. The first-order valence-corrected chi connectivity index (χ1v) is 16.7. The summed E-state index contributed by atoms with van der Waals surface area (Å²) in [5.74, 6) is -0.463. The molecule has 16 heteroatoms. The van der Waals surface area contributed by atoms with E-state index >= 15 is 0 Å². The highest BCUT2D eigenvalue weighted by molar-refractivity contribution is 6.30. The van der Waals surface area contributed by atoms with E-state index in [2.05, 4.69) is 46.4 Å². The molecule has 0 aliphatic heterocycles. The Balaban J connectivity index is 1.23. The van der Waals surface area contributed by atoms with Crippen LogP contribution in [-0.2, 0) is 27.3 Å². The molecule has 0 aliphatic carbocycles. The minimum atomic E-state index is -0.731. The number of nitrogens with one attached hydrogen (secondary N) is 4. The highest BCUT2D eigenvalue weighted by atomic mass is 35.5. The van der Waals surface area contributed by atoms with E-state index in [4.69, 9.17) is 16.3 Å². The molecule has 0 fully saturated rings. The number of H-pyrrole nitrogens is 1. The Kier molecular flexibility index (Phi) is 11.8. The van der Waals surface area contributed by atoms with Gasteiger partial charge in [0.15, 0.2) is 0 Å². The number of amides is 3. The fourth-order valence-corrected chi connectivity index (χ4v) is 5.49. The van der Waals surface area contributed by atoms with Gasteiger partial charge < -0.3 is 14.8 Å². The summed E-state index contributed by atoms with van der Waals surface area (Å²) in [5, 5.41) is 26.8. The summed E-state index contributed by atoms with van der Waals surface area (Å²) in [6.45, 7) is 0.125. The number of rotatable bonds is 12. The molecule has 0 saturated carbocycles. The van der Waals surface area contributed by atoms with E-state index < -0.39 is 29.7 Å². The van der Waals surface area contributed by atoms with Gasteiger partial charge in [-0.3, -0.25) is 20.2 Å². The highest BCUT2D eigenvalue weighted by Gasteiger charge is 2.19. The number of aromatic amines is 1. The van der Waals surface area contributed by atoms with Gasteiger partial charge in [-0.1, -0.05) is 66.2 Å². The van der Waals surface area contributed by atoms with Crippen LogP contribution >= 0.6 is 11.6 Å². The number of nitrogens with zero attached hydrogens (tertiary/aromatic N) is 5. The Morgan fingerprint density at radius 2 is 1.61 bits per heavy atom. The fraction of sp³-hybridized carbons (Fsp3) is 0.105. The molecule has 6 aromatic rings. The van der Waals surface area contributed by atoms with Crippen LogP contribution in [0.5, 0.6) is 0 Å². The lowest BCUT2D eigenvalue weighted by atomic mass is 9.99. The van der Waals surface area contributed by atoms with E-state index in [9.17, 15) is 19.2 Å². The molecule has 0 bridgehead atoms. The highest BCUT2D eigenvalue weighted by Crippen LogP contribution is 2.24. The summed E-state index contributed by atoms with van der Waals surface area (Å²) in [6.07, 6.45) is 3.38. The molecular weight excluding hydrogens is 714 g/mol. The minimum Gasteiger partial charge on any atom is -0.453 e. The Labute approximate surface area is 313 Å². The van der Waals surface area contributed by atoms with Crippen LogP contribution in [0.25, 0.3) is 22.9 Å². The van der Waals surface area contributed by atoms with E-state index in [1.807, 2.05) is 30.3 Å². The third-order valence-corrected chi connectivity index (χ3v) is 8.21. The first kappa shape index (κ1) is 36.7. The maximum absolute atomic E-state index is 13.5. The molecule has 15 nitrogen and oxygen atoms in total. The maximum atomic E-state index is 13.5. The molecule has 54 heavy (non-hydrogen) atoms. The van der Waals surface area contributed by atoms with Crippen molar-refractivity contribution in [3.05, 3.63) is 153 Å². The van der Waals surface area contributed by atoms with Gasteiger partial charge in [0.25, 0.3) is 5.56 Å². The van der Waals surface area contributed by atoms with Crippen molar-refractivity contribution in [1.29, 1.82) is 0 Å². The molecule has 272 valence electrons. The van der Waals surface area contributed by atoms with Gasteiger partial charge in [0.05, 0.1) is 30.1 Å². The van der Waals surface area contributed by atoms with Crippen LogP contribution in [0.15, 0.2) is 120 Å². The summed E-state index contributed by atoms with van der Waals surface area (Å²) in [6, 6.07) is 28.9. The number of tetrazole rings is 1. The van der Waals surface area contributed by atoms with E-state index in [1.165, 1.54) is 24.2 Å². The second-order valence-corrected chi connectivity index (χ2v) is 12.1. The Morgan fingerprint density at radius 1 is 0.889 bits per heavy atom. The smallest absolute Gasteiger partial charge is 0.411 e. The van der Waals surface area contributed by atoms with Crippen molar-refractivity contribution in [2.75, 3.05) is 17.7 Å². The van der Waals surface area contributed by atoms with Crippen molar-refractivity contribution in [2.45, 2.75) is 19.1 Å². The molecule has 0 unspecified atom stereocenters. The first-order valence-electron chi connectivity index (χ1n) is 16.4. The van der Waals surface area contributed by atoms with Gasteiger partial charge in [0, 0.05) is 28.0 Å². The van der Waals surface area contributed by atoms with Gasteiger partial charge in [-0.15, -0.1) is 5.10 Å². The Morgan fingerprint density at radius 3 is 2.31 bits per heavy atom.